The van der Waals surface area contributed by atoms with Gasteiger partial charge >= 0.3 is 5.97 Å². The average Bonchev–Trinajstić information content (AvgIpc) is 3.11. The van der Waals surface area contributed by atoms with Gasteiger partial charge in [0.2, 0.25) is 0 Å². The number of aromatic carboxylic acids is 1. The van der Waals surface area contributed by atoms with Crippen molar-refractivity contribution in [3.8, 4) is 0 Å². The fourth-order valence-electron chi connectivity index (χ4n) is 3.06. The number of carbonyl (C=O) groups excluding carboxylic acids is 1. The van der Waals surface area contributed by atoms with E-state index in [1.807, 2.05) is 6.92 Å². The van der Waals surface area contributed by atoms with Crippen LogP contribution in [0.1, 0.15) is 51.0 Å². The highest BCUT2D eigenvalue weighted by Gasteiger charge is 2.28. The molecular weight excluding hydrogens is 322 g/mol. The van der Waals surface area contributed by atoms with E-state index in [-0.39, 0.29) is 23.3 Å². The van der Waals surface area contributed by atoms with E-state index in [9.17, 15) is 9.59 Å². The van der Waals surface area contributed by atoms with E-state index in [2.05, 4.69) is 29.6 Å². The fraction of sp³-hybridized carbons (Fsp3) is 0.368. The number of amides is 1. The minimum atomic E-state index is -1.12. The Morgan fingerprint density at radius 2 is 2.04 bits per heavy atom. The maximum atomic E-state index is 12.2. The first-order valence-corrected chi connectivity index (χ1v) is 8.33. The molecule has 0 aliphatic carbocycles. The highest BCUT2D eigenvalue weighted by Crippen LogP contribution is 2.33. The van der Waals surface area contributed by atoms with Crippen LogP contribution in [0, 0.1) is 12.8 Å². The van der Waals surface area contributed by atoms with E-state index >= 15 is 0 Å². The summed E-state index contributed by atoms with van der Waals surface area (Å²) >= 11 is 0. The van der Waals surface area contributed by atoms with Gasteiger partial charge in [0.1, 0.15) is 6.26 Å². The number of furan rings is 1. The highest BCUT2D eigenvalue weighted by atomic mass is 16.5. The SMILES string of the molecule is Cc1ccc(C2OCCCC2CNC(=O)c2cc(C(=O)O)co2)cc1. The molecule has 1 saturated heterocycles. The molecule has 25 heavy (non-hydrogen) atoms. The van der Waals surface area contributed by atoms with E-state index in [1.165, 1.54) is 11.6 Å². The molecule has 0 spiro atoms. The number of nitrogens with one attached hydrogen (secondary N) is 1. The van der Waals surface area contributed by atoms with Crippen molar-refractivity contribution >= 4 is 11.9 Å². The lowest BCUT2D eigenvalue weighted by Gasteiger charge is -2.32. The normalized spacial score (nSPS) is 20.2. The van der Waals surface area contributed by atoms with Gasteiger partial charge in [0.15, 0.2) is 5.76 Å². The van der Waals surface area contributed by atoms with Crippen molar-refractivity contribution in [2.45, 2.75) is 25.9 Å². The Morgan fingerprint density at radius 3 is 2.72 bits per heavy atom. The van der Waals surface area contributed by atoms with Gasteiger partial charge in [-0.1, -0.05) is 29.8 Å². The van der Waals surface area contributed by atoms with Crippen LogP contribution in [0.15, 0.2) is 41.0 Å². The number of hydrogen-bond donors (Lipinski definition) is 2. The Kier molecular flexibility index (Phi) is 5.19. The summed E-state index contributed by atoms with van der Waals surface area (Å²) in [5.74, 6) is -1.38. The maximum absolute atomic E-state index is 12.2. The molecule has 1 aliphatic rings. The number of benzene rings is 1. The molecule has 1 aliphatic heterocycles. The molecular formula is C19H21NO5. The van der Waals surface area contributed by atoms with Crippen LogP contribution in [0.5, 0.6) is 0 Å². The largest absolute Gasteiger partial charge is 0.478 e. The van der Waals surface area contributed by atoms with Crippen molar-refractivity contribution in [3.05, 3.63) is 59.0 Å². The molecule has 2 aromatic rings. The van der Waals surface area contributed by atoms with E-state index < -0.39 is 11.9 Å². The van der Waals surface area contributed by atoms with Crippen LogP contribution in [0.4, 0.5) is 0 Å². The Labute approximate surface area is 145 Å². The van der Waals surface area contributed by atoms with Crippen molar-refractivity contribution in [1.82, 2.24) is 5.32 Å². The number of rotatable bonds is 5. The third-order valence-electron chi connectivity index (χ3n) is 4.45. The zero-order chi connectivity index (χ0) is 17.8. The molecule has 1 fully saturated rings. The van der Waals surface area contributed by atoms with Crippen LogP contribution < -0.4 is 5.32 Å². The lowest BCUT2D eigenvalue weighted by atomic mass is 9.89. The van der Waals surface area contributed by atoms with Crippen molar-refractivity contribution in [1.29, 1.82) is 0 Å². The van der Waals surface area contributed by atoms with Crippen LogP contribution >= 0.6 is 0 Å². The third-order valence-corrected chi connectivity index (χ3v) is 4.45. The third kappa shape index (κ3) is 4.09. The molecule has 0 radical (unpaired) electrons. The number of hydrogen-bond acceptors (Lipinski definition) is 4. The van der Waals surface area contributed by atoms with Crippen molar-refractivity contribution < 1.29 is 23.8 Å². The maximum Gasteiger partial charge on any atom is 0.338 e. The minimum Gasteiger partial charge on any atom is -0.478 e. The molecule has 1 aromatic heterocycles. The second kappa shape index (κ2) is 7.53. The highest BCUT2D eigenvalue weighted by molar-refractivity contribution is 5.95. The van der Waals surface area contributed by atoms with Gasteiger partial charge in [-0.15, -0.1) is 0 Å². The number of carboxylic acid groups (broad SMARTS) is 1. The Balaban J connectivity index is 1.64. The number of carbonyl (C=O) groups is 2. The van der Waals surface area contributed by atoms with E-state index in [0.29, 0.717) is 13.2 Å². The quantitative estimate of drug-likeness (QED) is 0.870. The smallest absolute Gasteiger partial charge is 0.338 e. The Morgan fingerprint density at radius 1 is 1.28 bits per heavy atom. The first-order chi connectivity index (χ1) is 12.0. The van der Waals surface area contributed by atoms with Crippen LogP contribution in [0.25, 0.3) is 0 Å². The summed E-state index contributed by atoms with van der Waals surface area (Å²) in [6.45, 7) is 3.20. The monoisotopic (exact) mass is 343 g/mol. The second-order valence-electron chi connectivity index (χ2n) is 6.32. The lowest BCUT2D eigenvalue weighted by molar-refractivity contribution is -0.0273. The number of aryl methyl sites for hydroxylation is 1. The van der Waals surface area contributed by atoms with Gasteiger partial charge in [0.05, 0.1) is 11.7 Å². The predicted molar refractivity (Wildman–Crippen MR) is 90.6 cm³/mol. The molecule has 2 N–H and O–H groups in total. The average molecular weight is 343 g/mol. The Hall–Kier alpha value is -2.60. The number of carboxylic acids is 1. The van der Waals surface area contributed by atoms with Gasteiger partial charge in [-0.3, -0.25) is 4.79 Å². The molecule has 2 unspecified atom stereocenters. The van der Waals surface area contributed by atoms with Gasteiger partial charge in [-0.25, -0.2) is 4.79 Å². The summed E-state index contributed by atoms with van der Waals surface area (Å²) in [4.78, 5) is 23.0. The van der Waals surface area contributed by atoms with E-state index in [4.69, 9.17) is 14.3 Å². The summed E-state index contributed by atoms with van der Waals surface area (Å²) in [7, 11) is 0. The molecule has 0 bridgehead atoms. The van der Waals surface area contributed by atoms with Crippen LogP contribution in [0.2, 0.25) is 0 Å². The topological polar surface area (TPSA) is 88.8 Å². The summed E-state index contributed by atoms with van der Waals surface area (Å²) in [6, 6.07) is 9.46. The second-order valence-corrected chi connectivity index (χ2v) is 6.32. The summed E-state index contributed by atoms with van der Waals surface area (Å²) in [5.41, 5.74) is 2.26. The van der Waals surface area contributed by atoms with Crippen molar-refractivity contribution in [2.75, 3.05) is 13.2 Å². The molecule has 1 amide bonds. The molecule has 2 atom stereocenters. The van der Waals surface area contributed by atoms with Crippen molar-refractivity contribution in [3.63, 3.8) is 0 Å². The molecule has 6 heteroatoms. The molecule has 1 aromatic carbocycles. The molecule has 0 saturated carbocycles. The predicted octanol–water partition coefficient (Wildman–Crippen LogP) is 3.18. The van der Waals surface area contributed by atoms with Crippen LogP contribution in [0.3, 0.4) is 0 Å². The van der Waals surface area contributed by atoms with Gasteiger partial charge in [-0.2, -0.15) is 0 Å². The van der Waals surface area contributed by atoms with Crippen LogP contribution in [-0.2, 0) is 4.74 Å². The zero-order valence-electron chi connectivity index (χ0n) is 14.0. The Bertz CT molecular complexity index is 749. The molecule has 2 heterocycles. The van der Waals surface area contributed by atoms with E-state index in [1.54, 1.807) is 0 Å². The summed E-state index contributed by atoms with van der Waals surface area (Å²) < 4.78 is 11.0. The van der Waals surface area contributed by atoms with Gasteiger partial charge in [0, 0.05) is 25.1 Å². The van der Waals surface area contributed by atoms with Crippen LogP contribution in [-0.4, -0.2) is 30.1 Å². The molecule has 6 nitrogen and oxygen atoms in total. The summed E-state index contributed by atoms with van der Waals surface area (Å²) in [5, 5.41) is 11.7. The van der Waals surface area contributed by atoms with E-state index in [0.717, 1.165) is 24.7 Å². The molecule has 3 rings (SSSR count). The van der Waals surface area contributed by atoms with Crippen molar-refractivity contribution in [2.24, 2.45) is 5.92 Å². The first-order valence-electron chi connectivity index (χ1n) is 8.33. The fourth-order valence-corrected chi connectivity index (χ4v) is 3.06. The minimum absolute atomic E-state index is 0.000939. The standard InChI is InChI=1S/C19H21NO5/c1-12-4-6-13(7-5-12)17-14(3-2-8-24-17)10-20-18(21)16-9-15(11-25-16)19(22)23/h4-7,9,11,14,17H,2-3,8,10H2,1H3,(H,20,21)(H,22,23). The lowest BCUT2D eigenvalue weighted by Crippen LogP contribution is -2.35. The summed E-state index contributed by atoms with van der Waals surface area (Å²) in [6.07, 6.45) is 2.92. The van der Waals surface area contributed by atoms with Gasteiger partial charge in [-0.05, 0) is 25.3 Å². The zero-order valence-corrected chi connectivity index (χ0v) is 14.0. The first kappa shape index (κ1) is 17.2. The number of ether oxygens (including phenoxy) is 1. The molecule has 132 valence electrons. The van der Waals surface area contributed by atoms with Gasteiger partial charge < -0.3 is 19.6 Å². The van der Waals surface area contributed by atoms with Gasteiger partial charge in [0.25, 0.3) is 5.91 Å².